The van der Waals surface area contributed by atoms with Crippen LogP contribution in [0.3, 0.4) is 0 Å². The number of amides is 1. The third-order valence-electron chi connectivity index (χ3n) is 2.37. The number of phenols is 1. The Balaban J connectivity index is 2.06. The number of H-pyrrole nitrogens is 1. The Morgan fingerprint density at radius 2 is 2.37 bits per heavy atom. The molecule has 0 fully saturated rings. The van der Waals surface area contributed by atoms with Crippen molar-refractivity contribution in [3.05, 3.63) is 45.7 Å². The second kappa shape index (κ2) is 5.66. The van der Waals surface area contributed by atoms with E-state index in [-0.39, 0.29) is 11.4 Å². The van der Waals surface area contributed by atoms with Crippen molar-refractivity contribution in [2.45, 2.75) is 6.92 Å². The van der Waals surface area contributed by atoms with Crippen molar-refractivity contribution in [1.29, 1.82) is 0 Å². The molecule has 19 heavy (non-hydrogen) atoms. The van der Waals surface area contributed by atoms with Crippen molar-refractivity contribution < 1.29 is 9.90 Å². The molecule has 1 aromatic heterocycles. The van der Waals surface area contributed by atoms with Crippen molar-refractivity contribution in [2.24, 2.45) is 5.10 Å². The summed E-state index contributed by atoms with van der Waals surface area (Å²) in [5.41, 5.74) is 4.14. The van der Waals surface area contributed by atoms with Crippen LogP contribution in [0.15, 0.2) is 34.0 Å². The quantitative estimate of drug-likeness (QED) is 0.596. The summed E-state index contributed by atoms with van der Waals surface area (Å²) in [6.45, 7) is 1.90. The second-order valence-corrected chi connectivity index (χ2v) is 4.71. The Bertz CT molecular complexity index is 636. The minimum Gasteiger partial charge on any atom is -0.507 e. The number of nitrogens with one attached hydrogen (secondary N) is 2. The zero-order chi connectivity index (χ0) is 13.8. The fourth-order valence-corrected chi connectivity index (χ4v) is 1.80. The van der Waals surface area contributed by atoms with Gasteiger partial charge in [-0.05, 0) is 35.0 Å². The third kappa shape index (κ3) is 3.19. The maximum atomic E-state index is 11.7. The first kappa shape index (κ1) is 13.3. The van der Waals surface area contributed by atoms with E-state index in [1.165, 1.54) is 12.4 Å². The molecule has 0 spiro atoms. The fraction of sp³-hybridized carbons (Fsp3) is 0.0833. The molecule has 0 atom stereocenters. The Morgan fingerprint density at radius 1 is 1.58 bits per heavy atom. The predicted octanol–water partition coefficient (Wildman–Crippen LogP) is 1.95. The standard InChI is InChI=1S/C12H11BrN4O2/c1-7-2-3-10(18)8(4-7)5-14-17-12(19)11-9(13)6-15-16-11/h2-6,18H,1H3,(H,15,16)(H,17,19). The van der Waals surface area contributed by atoms with Gasteiger partial charge in [-0.15, -0.1) is 0 Å². The van der Waals surface area contributed by atoms with Crippen LogP contribution in [0.25, 0.3) is 0 Å². The molecule has 6 nitrogen and oxygen atoms in total. The molecule has 1 aromatic carbocycles. The molecule has 0 bridgehead atoms. The van der Waals surface area contributed by atoms with Gasteiger partial charge in [-0.1, -0.05) is 11.6 Å². The molecular formula is C12H11BrN4O2. The fourth-order valence-electron chi connectivity index (χ4n) is 1.42. The van der Waals surface area contributed by atoms with Crippen LogP contribution in [0, 0.1) is 6.92 Å². The number of aromatic hydroxyl groups is 1. The summed E-state index contributed by atoms with van der Waals surface area (Å²) in [6.07, 6.45) is 2.86. The van der Waals surface area contributed by atoms with Gasteiger partial charge in [-0.2, -0.15) is 10.2 Å². The lowest BCUT2D eigenvalue weighted by Crippen LogP contribution is -2.18. The Morgan fingerprint density at radius 3 is 3.05 bits per heavy atom. The van der Waals surface area contributed by atoms with E-state index in [0.717, 1.165) is 5.56 Å². The summed E-state index contributed by atoms with van der Waals surface area (Å²) in [4.78, 5) is 11.7. The van der Waals surface area contributed by atoms with Crippen LogP contribution < -0.4 is 5.43 Å². The Hall–Kier alpha value is -2.15. The van der Waals surface area contributed by atoms with E-state index in [1.54, 1.807) is 18.2 Å². The largest absolute Gasteiger partial charge is 0.507 e. The number of hydrogen-bond donors (Lipinski definition) is 3. The topological polar surface area (TPSA) is 90.4 Å². The third-order valence-corrected chi connectivity index (χ3v) is 2.97. The molecule has 0 aliphatic rings. The first-order valence-electron chi connectivity index (χ1n) is 5.40. The van der Waals surface area contributed by atoms with E-state index < -0.39 is 5.91 Å². The van der Waals surface area contributed by atoms with Crippen LogP contribution in [0.4, 0.5) is 0 Å². The maximum absolute atomic E-state index is 11.7. The summed E-state index contributed by atoms with van der Waals surface area (Å²) < 4.78 is 0.554. The van der Waals surface area contributed by atoms with Crippen molar-refractivity contribution >= 4 is 28.1 Å². The molecule has 0 radical (unpaired) electrons. The van der Waals surface area contributed by atoms with Gasteiger partial charge in [0.15, 0.2) is 0 Å². The molecule has 0 saturated heterocycles. The van der Waals surface area contributed by atoms with Crippen molar-refractivity contribution in [2.75, 3.05) is 0 Å². The molecule has 98 valence electrons. The average molecular weight is 323 g/mol. The Kier molecular flexibility index (Phi) is 3.96. The lowest BCUT2D eigenvalue weighted by molar-refractivity contribution is 0.0949. The highest BCUT2D eigenvalue weighted by molar-refractivity contribution is 9.10. The van der Waals surface area contributed by atoms with Crippen LogP contribution in [0.5, 0.6) is 5.75 Å². The highest BCUT2D eigenvalue weighted by Gasteiger charge is 2.10. The first-order chi connectivity index (χ1) is 9.08. The van der Waals surface area contributed by atoms with Gasteiger partial charge >= 0.3 is 0 Å². The number of aromatic nitrogens is 2. The zero-order valence-corrected chi connectivity index (χ0v) is 11.6. The highest BCUT2D eigenvalue weighted by Crippen LogP contribution is 2.16. The van der Waals surface area contributed by atoms with E-state index in [2.05, 4.69) is 36.7 Å². The van der Waals surface area contributed by atoms with Gasteiger partial charge in [-0.3, -0.25) is 9.89 Å². The minimum absolute atomic E-state index is 0.103. The minimum atomic E-state index is -0.423. The molecule has 0 unspecified atom stereocenters. The number of aromatic amines is 1. The molecule has 1 heterocycles. The van der Waals surface area contributed by atoms with Crippen LogP contribution >= 0.6 is 15.9 Å². The summed E-state index contributed by atoms with van der Waals surface area (Å²) in [6, 6.07) is 5.12. The summed E-state index contributed by atoms with van der Waals surface area (Å²) in [5.74, 6) is -0.320. The van der Waals surface area contributed by atoms with E-state index in [4.69, 9.17) is 0 Å². The first-order valence-corrected chi connectivity index (χ1v) is 6.19. The van der Waals surface area contributed by atoms with Crippen molar-refractivity contribution in [3.8, 4) is 5.75 Å². The normalized spacial score (nSPS) is 10.8. The second-order valence-electron chi connectivity index (χ2n) is 3.85. The van der Waals surface area contributed by atoms with Gasteiger partial charge in [0.1, 0.15) is 11.4 Å². The SMILES string of the molecule is Cc1ccc(O)c(C=NNC(=O)c2[nH]ncc2Br)c1. The summed E-state index contributed by atoms with van der Waals surface area (Å²) in [5, 5.41) is 19.6. The highest BCUT2D eigenvalue weighted by atomic mass is 79.9. The van der Waals surface area contributed by atoms with Crippen molar-refractivity contribution in [1.82, 2.24) is 15.6 Å². The number of benzene rings is 1. The maximum Gasteiger partial charge on any atom is 0.290 e. The van der Waals surface area contributed by atoms with E-state index in [0.29, 0.717) is 10.0 Å². The number of nitrogens with zero attached hydrogens (tertiary/aromatic N) is 2. The number of phenolic OH excluding ortho intramolecular Hbond substituents is 1. The number of hydrogen-bond acceptors (Lipinski definition) is 4. The number of hydrazone groups is 1. The van der Waals surface area contributed by atoms with Gasteiger partial charge < -0.3 is 5.11 Å². The molecule has 1 amide bonds. The number of aryl methyl sites for hydroxylation is 1. The molecule has 0 aliphatic heterocycles. The number of halogens is 1. The number of carbonyl (C=O) groups is 1. The van der Waals surface area contributed by atoms with Crippen molar-refractivity contribution in [3.63, 3.8) is 0 Å². The predicted molar refractivity (Wildman–Crippen MR) is 74.2 cm³/mol. The van der Waals surface area contributed by atoms with Crippen LogP contribution in [0.1, 0.15) is 21.6 Å². The molecule has 7 heteroatoms. The van der Waals surface area contributed by atoms with E-state index in [1.807, 2.05) is 6.92 Å². The monoisotopic (exact) mass is 322 g/mol. The Labute approximate surface area is 117 Å². The van der Waals surface area contributed by atoms with Crippen LogP contribution in [-0.4, -0.2) is 27.4 Å². The van der Waals surface area contributed by atoms with Gasteiger partial charge in [0, 0.05) is 5.56 Å². The average Bonchev–Trinajstić information content (AvgIpc) is 2.80. The number of rotatable bonds is 3. The van der Waals surface area contributed by atoms with E-state index >= 15 is 0 Å². The zero-order valence-electron chi connectivity index (χ0n) is 10.0. The van der Waals surface area contributed by atoms with Gasteiger partial charge in [0.05, 0.1) is 16.9 Å². The molecule has 3 N–H and O–H groups in total. The molecule has 0 saturated carbocycles. The molecule has 0 aliphatic carbocycles. The molecule has 2 aromatic rings. The van der Waals surface area contributed by atoms with E-state index in [9.17, 15) is 9.90 Å². The van der Waals surface area contributed by atoms with Gasteiger partial charge in [-0.25, -0.2) is 5.43 Å². The van der Waals surface area contributed by atoms with Gasteiger partial charge in [0.25, 0.3) is 5.91 Å². The molecule has 2 rings (SSSR count). The summed E-state index contributed by atoms with van der Waals surface area (Å²) in [7, 11) is 0. The summed E-state index contributed by atoms with van der Waals surface area (Å²) >= 11 is 3.18. The van der Waals surface area contributed by atoms with Crippen LogP contribution in [0.2, 0.25) is 0 Å². The number of carbonyl (C=O) groups excluding carboxylic acids is 1. The lowest BCUT2D eigenvalue weighted by atomic mass is 10.1. The smallest absolute Gasteiger partial charge is 0.290 e. The van der Waals surface area contributed by atoms with Crippen LogP contribution in [-0.2, 0) is 0 Å². The van der Waals surface area contributed by atoms with Gasteiger partial charge in [0.2, 0.25) is 0 Å². The molecular weight excluding hydrogens is 312 g/mol. The lowest BCUT2D eigenvalue weighted by Gasteiger charge is -2.00.